The lowest BCUT2D eigenvalue weighted by Crippen LogP contribution is -2.44. The van der Waals surface area contributed by atoms with Crippen LogP contribution in [0.1, 0.15) is 28.8 Å². The molecule has 1 amide bonds. The van der Waals surface area contributed by atoms with E-state index in [-0.39, 0.29) is 30.3 Å². The van der Waals surface area contributed by atoms with Crippen molar-refractivity contribution >= 4 is 21.9 Å². The SMILES string of the molecule is COc1ccc(CNC(=O)[C@H]2CCCN(S(C)(=O)=O)C2)cc1C(=O)O. The minimum atomic E-state index is -3.31. The van der Waals surface area contributed by atoms with Crippen LogP contribution in [-0.2, 0) is 21.4 Å². The van der Waals surface area contributed by atoms with Gasteiger partial charge in [0.05, 0.1) is 19.3 Å². The van der Waals surface area contributed by atoms with Crippen LogP contribution in [0.25, 0.3) is 0 Å². The van der Waals surface area contributed by atoms with E-state index in [1.165, 1.54) is 23.5 Å². The molecule has 0 aliphatic carbocycles. The van der Waals surface area contributed by atoms with E-state index >= 15 is 0 Å². The van der Waals surface area contributed by atoms with Crippen LogP contribution in [-0.4, -0.2) is 56.2 Å². The monoisotopic (exact) mass is 370 g/mol. The van der Waals surface area contributed by atoms with E-state index in [2.05, 4.69) is 5.32 Å². The number of sulfonamides is 1. The number of carboxylic acids is 1. The molecule has 0 bridgehead atoms. The lowest BCUT2D eigenvalue weighted by Gasteiger charge is -2.30. The minimum absolute atomic E-state index is 0.0233. The van der Waals surface area contributed by atoms with Crippen LogP contribution in [0.4, 0.5) is 0 Å². The Hall–Kier alpha value is -2.13. The summed E-state index contributed by atoms with van der Waals surface area (Å²) in [6, 6.07) is 4.66. The number of methoxy groups -OCH3 is 1. The number of carboxylic acid groups (broad SMARTS) is 1. The van der Waals surface area contributed by atoms with Gasteiger partial charge in [0.2, 0.25) is 15.9 Å². The Morgan fingerprint density at radius 1 is 1.40 bits per heavy atom. The molecule has 1 aliphatic rings. The maximum Gasteiger partial charge on any atom is 0.339 e. The summed E-state index contributed by atoms with van der Waals surface area (Å²) in [4.78, 5) is 23.5. The zero-order chi connectivity index (χ0) is 18.6. The summed E-state index contributed by atoms with van der Waals surface area (Å²) in [5.41, 5.74) is 0.650. The highest BCUT2D eigenvalue weighted by atomic mass is 32.2. The fraction of sp³-hybridized carbons (Fsp3) is 0.500. The van der Waals surface area contributed by atoms with Crippen LogP contribution in [0.15, 0.2) is 18.2 Å². The highest BCUT2D eigenvalue weighted by Crippen LogP contribution is 2.21. The average Bonchev–Trinajstić information content (AvgIpc) is 2.58. The van der Waals surface area contributed by atoms with Gasteiger partial charge in [-0.25, -0.2) is 17.5 Å². The van der Waals surface area contributed by atoms with Crippen molar-refractivity contribution in [3.05, 3.63) is 29.3 Å². The third kappa shape index (κ3) is 4.93. The van der Waals surface area contributed by atoms with Crippen molar-refractivity contribution < 1.29 is 27.9 Å². The van der Waals surface area contributed by atoms with E-state index in [1.54, 1.807) is 6.07 Å². The molecule has 8 nitrogen and oxygen atoms in total. The molecule has 0 spiro atoms. The third-order valence-electron chi connectivity index (χ3n) is 4.18. The number of nitrogens with one attached hydrogen (secondary N) is 1. The van der Waals surface area contributed by atoms with Crippen LogP contribution in [0.5, 0.6) is 5.75 Å². The summed E-state index contributed by atoms with van der Waals surface area (Å²) in [5, 5.41) is 11.9. The first kappa shape index (κ1) is 19.2. The number of ether oxygens (including phenoxy) is 1. The number of carbonyl (C=O) groups is 2. The van der Waals surface area contributed by atoms with Gasteiger partial charge >= 0.3 is 5.97 Å². The van der Waals surface area contributed by atoms with E-state index in [9.17, 15) is 23.1 Å². The lowest BCUT2D eigenvalue weighted by molar-refractivity contribution is -0.126. The summed E-state index contributed by atoms with van der Waals surface area (Å²) in [6.07, 6.45) is 2.40. The predicted molar refractivity (Wildman–Crippen MR) is 90.9 cm³/mol. The number of benzene rings is 1. The van der Waals surface area contributed by atoms with Crippen molar-refractivity contribution in [2.24, 2.45) is 5.92 Å². The van der Waals surface area contributed by atoms with Gasteiger partial charge in [0.1, 0.15) is 11.3 Å². The zero-order valence-electron chi connectivity index (χ0n) is 14.2. The Bertz CT molecular complexity index is 762. The van der Waals surface area contributed by atoms with Crippen molar-refractivity contribution in [2.45, 2.75) is 19.4 Å². The number of nitrogens with zero attached hydrogens (tertiary/aromatic N) is 1. The molecular weight excluding hydrogens is 348 g/mol. The second-order valence-corrected chi connectivity index (χ2v) is 8.00. The predicted octanol–water partition coefficient (Wildman–Crippen LogP) is 0.681. The van der Waals surface area contributed by atoms with Gasteiger partial charge in [-0.3, -0.25) is 4.79 Å². The van der Waals surface area contributed by atoms with E-state index in [4.69, 9.17) is 4.74 Å². The van der Waals surface area contributed by atoms with Crippen LogP contribution in [0.3, 0.4) is 0 Å². The quantitative estimate of drug-likeness (QED) is 0.761. The normalized spacial score (nSPS) is 18.6. The van der Waals surface area contributed by atoms with Gasteiger partial charge in [0.25, 0.3) is 0 Å². The zero-order valence-corrected chi connectivity index (χ0v) is 15.0. The molecule has 1 fully saturated rings. The van der Waals surface area contributed by atoms with Crippen molar-refractivity contribution in [2.75, 3.05) is 26.5 Å². The van der Waals surface area contributed by atoms with E-state index in [1.807, 2.05) is 0 Å². The van der Waals surface area contributed by atoms with E-state index < -0.39 is 21.9 Å². The number of amides is 1. The molecule has 138 valence electrons. The van der Waals surface area contributed by atoms with Crippen molar-refractivity contribution in [3.8, 4) is 5.75 Å². The number of aromatic carboxylic acids is 1. The molecule has 1 heterocycles. The van der Waals surface area contributed by atoms with Crippen LogP contribution in [0.2, 0.25) is 0 Å². The largest absolute Gasteiger partial charge is 0.496 e. The summed E-state index contributed by atoms with van der Waals surface area (Å²) in [6.45, 7) is 0.773. The topological polar surface area (TPSA) is 113 Å². The first-order valence-electron chi connectivity index (χ1n) is 7.85. The molecule has 1 aliphatic heterocycles. The molecule has 1 saturated heterocycles. The Kier molecular flexibility index (Phi) is 6.02. The van der Waals surface area contributed by atoms with E-state index in [0.717, 1.165) is 6.26 Å². The highest BCUT2D eigenvalue weighted by Gasteiger charge is 2.30. The molecule has 0 saturated carbocycles. The molecule has 1 aromatic carbocycles. The fourth-order valence-corrected chi connectivity index (χ4v) is 3.73. The average molecular weight is 370 g/mol. The molecule has 1 atom stereocenters. The van der Waals surface area contributed by atoms with E-state index in [0.29, 0.717) is 24.9 Å². The summed E-state index contributed by atoms with van der Waals surface area (Å²) in [7, 11) is -1.92. The molecule has 0 radical (unpaired) electrons. The first-order valence-corrected chi connectivity index (χ1v) is 9.70. The lowest BCUT2D eigenvalue weighted by atomic mass is 9.98. The van der Waals surface area contributed by atoms with Gasteiger partial charge in [-0.15, -0.1) is 0 Å². The molecule has 9 heteroatoms. The Morgan fingerprint density at radius 3 is 2.72 bits per heavy atom. The Balaban J connectivity index is 2.00. The number of hydrogen-bond donors (Lipinski definition) is 2. The minimum Gasteiger partial charge on any atom is -0.496 e. The Morgan fingerprint density at radius 2 is 2.12 bits per heavy atom. The highest BCUT2D eigenvalue weighted by molar-refractivity contribution is 7.88. The number of hydrogen-bond acceptors (Lipinski definition) is 5. The summed E-state index contributed by atoms with van der Waals surface area (Å²) >= 11 is 0. The molecular formula is C16H22N2O6S. The maximum absolute atomic E-state index is 12.3. The summed E-state index contributed by atoms with van der Waals surface area (Å²) in [5.74, 6) is -1.50. The van der Waals surface area contributed by atoms with Gasteiger partial charge in [0.15, 0.2) is 0 Å². The molecule has 0 unspecified atom stereocenters. The summed E-state index contributed by atoms with van der Waals surface area (Å²) < 4.78 is 29.6. The number of carbonyl (C=O) groups excluding carboxylic acids is 1. The molecule has 0 aromatic heterocycles. The molecule has 25 heavy (non-hydrogen) atoms. The molecule has 2 rings (SSSR count). The van der Waals surface area contributed by atoms with Gasteiger partial charge in [0, 0.05) is 19.6 Å². The van der Waals surface area contributed by atoms with Gasteiger partial charge < -0.3 is 15.2 Å². The van der Waals surface area contributed by atoms with Gasteiger partial charge in [-0.2, -0.15) is 0 Å². The van der Waals surface area contributed by atoms with Gasteiger partial charge in [-0.05, 0) is 30.5 Å². The second-order valence-electron chi connectivity index (χ2n) is 6.02. The van der Waals surface area contributed by atoms with Crippen LogP contribution in [0, 0.1) is 5.92 Å². The van der Waals surface area contributed by atoms with Crippen LogP contribution >= 0.6 is 0 Å². The fourth-order valence-electron chi connectivity index (χ4n) is 2.82. The van der Waals surface area contributed by atoms with Crippen molar-refractivity contribution in [1.29, 1.82) is 0 Å². The smallest absolute Gasteiger partial charge is 0.339 e. The molecule has 2 N–H and O–H groups in total. The number of rotatable bonds is 6. The van der Waals surface area contributed by atoms with Crippen LogP contribution < -0.4 is 10.1 Å². The van der Waals surface area contributed by atoms with Crippen molar-refractivity contribution in [1.82, 2.24) is 9.62 Å². The second kappa shape index (κ2) is 7.83. The third-order valence-corrected chi connectivity index (χ3v) is 5.45. The Labute approximate surface area is 146 Å². The van der Waals surface area contributed by atoms with Gasteiger partial charge in [-0.1, -0.05) is 6.07 Å². The molecule has 1 aromatic rings. The van der Waals surface area contributed by atoms with Crippen molar-refractivity contribution in [3.63, 3.8) is 0 Å². The first-order chi connectivity index (χ1) is 11.7. The number of piperidine rings is 1. The maximum atomic E-state index is 12.3. The standard InChI is InChI=1S/C16H22N2O6S/c1-24-14-6-5-11(8-13(14)16(20)21)9-17-15(19)12-4-3-7-18(10-12)25(2,22)23/h5-6,8,12H,3-4,7,9-10H2,1-2H3,(H,17,19)(H,20,21)/t12-/m0/s1.